The van der Waals surface area contributed by atoms with Crippen LogP contribution in [-0.4, -0.2) is 0 Å². The third-order valence-electron chi connectivity index (χ3n) is 4.94. The number of hydrogen-bond donors (Lipinski definition) is 0. The van der Waals surface area contributed by atoms with E-state index in [0.29, 0.717) is 5.92 Å². The van der Waals surface area contributed by atoms with Gasteiger partial charge in [0.1, 0.15) is 0 Å². The van der Waals surface area contributed by atoms with Gasteiger partial charge in [-0.15, -0.1) is 0 Å². The van der Waals surface area contributed by atoms with Gasteiger partial charge in [0.25, 0.3) is 0 Å². The van der Waals surface area contributed by atoms with E-state index in [-0.39, 0.29) is 0 Å². The van der Waals surface area contributed by atoms with Crippen LogP contribution in [0.25, 0.3) is 11.1 Å². The molecule has 0 heterocycles. The van der Waals surface area contributed by atoms with Crippen LogP contribution < -0.4 is 0 Å². The van der Waals surface area contributed by atoms with Gasteiger partial charge in [0, 0.05) is 5.92 Å². The van der Waals surface area contributed by atoms with E-state index in [0.717, 1.165) is 0 Å². The van der Waals surface area contributed by atoms with Crippen molar-refractivity contribution in [2.45, 2.75) is 19.8 Å². The fourth-order valence-electron chi connectivity index (χ4n) is 3.86. The van der Waals surface area contributed by atoms with E-state index in [9.17, 15) is 0 Å². The molecule has 1 unspecified atom stereocenters. The van der Waals surface area contributed by atoms with E-state index < -0.39 is 0 Å². The highest BCUT2D eigenvalue weighted by molar-refractivity contribution is 5.91. The zero-order chi connectivity index (χ0) is 17.2. The number of rotatable bonds is 3. The summed E-state index contributed by atoms with van der Waals surface area (Å²) >= 11 is 0. The van der Waals surface area contributed by atoms with Gasteiger partial charge in [0.15, 0.2) is 0 Å². The maximum Gasteiger partial charge on any atom is 0.0290 e. The number of benzene rings is 3. The molecule has 0 saturated heterocycles. The molecule has 1 atom stereocenters. The van der Waals surface area contributed by atoms with Crippen LogP contribution in [0.1, 0.15) is 42.0 Å². The van der Waals surface area contributed by atoms with Crippen molar-refractivity contribution in [3.63, 3.8) is 0 Å². The van der Waals surface area contributed by atoms with Gasteiger partial charge in [0.05, 0.1) is 0 Å². The van der Waals surface area contributed by atoms with Crippen molar-refractivity contribution in [2.75, 3.05) is 0 Å². The Kier molecular flexibility index (Phi) is 4.11. The predicted molar refractivity (Wildman–Crippen MR) is 107 cm³/mol. The Morgan fingerprint density at radius 2 is 1.28 bits per heavy atom. The van der Waals surface area contributed by atoms with E-state index in [1.54, 1.807) is 0 Å². The van der Waals surface area contributed by atoms with Crippen molar-refractivity contribution in [3.05, 3.63) is 119 Å². The Morgan fingerprint density at radius 1 is 0.680 bits per heavy atom. The highest BCUT2D eigenvalue weighted by atomic mass is 14.3. The molecule has 0 nitrogen and oxygen atoms in total. The van der Waals surface area contributed by atoms with E-state index in [1.165, 1.54) is 39.0 Å². The number of allylic oxidation sites excluding steroid dienone is 3. The zero-order valence-corrected chi connectivity index (χ0v) is 14.7. The maximum absolute atomic E-state index is 2.44. The highest BCUT2D eigenvalue weighted by Crippen LogP contribution is 2.46. The highest BCUT2D eigenvalue weighted by Gasteiger charge is 2.27. The molecule has 0 heteroatoms. The first-order valence-electron chi connectivity index (χ1n) is 8.85. The standard InChI is InChI=1S/C25H22/c1-18(2)25(20-13-7-4-8-14-20)24-17-23(19-11-5-3-6-12-19)21-15-9-10-16-22(21)24/h3-17,24H,1-2H3. The Bertz CT molecular complexity index is 940. The molecule has 4 rings (SSSR count). The predicted octanol–water partition coefficient (Wildman–Crippen LogP) is 6.71. The van der Waals surface area contributed by atoms with E-state index in [4.69, 9.17) is 0 Å². The van der Waals surface area contributed by atoms with Gasteiger partial charge in [-0.05, 0) is 47.2 Å². The summed E-state index contributed by atoms with van der Waals surface area (Å²) < 4.78 is 0. The van der Waals surface area contributed by atoms with E-state index in [1.807, 2.05) is 0 Å². The van der Waals surface area contributed by atoms with Crippen LogP contribution in [0.3, 0.4) is 0 Å². The van der Waals surface area contributed by atoms with Crippen LogP contribution >= 0.6 is 0 Å². The molecule has 0 radical (unpaired) electrons. The lowest BCUT2D eigenvalue weighted by atomic mass is 9.85. The molecule has 0 bridgehead atoms. The number of hydrogen-bond acceptors (Lipinski definition) is 0. The summed E-state index contributed by atoms with van der Waals surface area (Å²) in [5, 5.41) is 0. The second-order valence-corrected chi connectivity index (χ2v) is 6.79. The molecule has 3 aromatic carbocycles. The fraction of sp³-hybridized carbons (Fsp3) is 0.120. The zero-order valence-electron chi connectivity index (χ0n) is 14.7. The van der Waals surface area contributed by atoms with Crippen molar-refractivity contribution in [3.8, 4) is 0 Å². The van der Waals surface area contributed by atoms with Gasteiger partial charge in [-0.3, -0.25) is 0 Å². The van der Waals surface area contributed by atoms with Gasteiger partial charge >= 0.3 is 0 Å². The summed E-state index contributed by atoms with van der Waals surface area (Å²) in [6.07, 6.45) is 2.44. The van der Waals surface area contributed by atoms with Crippen LogP contribution in [-0.2, 0) is 0 Å². The maximum atomic E-state index is 2.44. The molecule has 3 aromatic rings. The molecule has 1 aliphatic rings. The first-order valence-corrected chi connectivity index (χ1v) is 8.85. The van der Waals surface area contributed by atoms with E-state index >= 15 is 0 Å². The average Bonchev–Trinajstić information content (AvgIpc) is 3.03. The molecule has 0 aliphatic heterocycles. The van der Waals surface area contributed by atoms with Crippen molar-refractivity contribution < 1.29 is 0 Å². The lowest BCUT2D eigenvalue weighted by Gasteiger charge is -2.18. The summed E-state index contributed by atoms with van der Waals surface area (Å²) in [6, 6.07) is 30.3. The van der Waals surface area contributed by atoms with Crippen molar-refractivity contribution in [1.29, 1.82) is 0 Å². The molecule has 122 valence electrons. The van der Waals surface area contributed by atoms with Crippen molar-refractivity contribution in [1.82, 2.24) is 0 Å². The first kappa shape index (κ1) is 15.7. The Morgan fingerprint density at radius 3 is 1.96 bits per heavy atom. The summed E-state index contributed by atoms with van der Waals surface area (Å²) in [6.45, 7) is 4.44. The Hall–Kier alpha value is -2.86. The largest absolute Gasteiger partial charge is 0.0717 e. The van der Waals surface area contributed by atoms with E-state index in [2.05, 4.69) is 105 Å². The van der Waals surface area contributed by atoms with Gasteiger partial charge in [-0.25, -0.2) is 0 Å². The molecule has 0 N–H and O–H groups in total. The topological polar surface area (TPSA) is 0 Å². The molecular weight excluding hydrogens is 300 g/mol. The summed E-state index contributed by atoms with van der Waals surface area (Å²) in [4.78, 5) is 0. The molecule has 0 saturated carbocycles. The molecule has 1 aliphatic carbocycles. The second kappa shape index (κ2) is 6.57. The van der Waals surface area contributed by atoms with Gasteiger partial charge in [-0.1, -0.05) is 96.6 Å². The molecular formula is C25H22. The quantitative estimate of drug-likeness (QED) is 0.503. The van der Waals surface area contributed by atoms with Gasteiger partial charge in [-0.2, -0.15) is 0 Å². The third-order valence-corrected chi connectivity index (χ3v) is 4.94. The Balaban J connectivity index is 1.90. The molecule has 25 heavy (non-hydrogen) atoms. The van der Waals surface area contributed by atoms with Crippen LogP contribution in [0, 0.1) is 0 Å². The monoisotopic (exact) mass is 322 g/mol. The minimum Gasteiger partial charge on any atom is -0.0717 e. The van der Waals surface area contributed by atoms with Crippen LogP contribution in [0.2, 0.25) is 0 Å². The SMILES string of the molecule is CC(C)=C(c1ccccc1)C1C=C(c2ccccc2)c2ccccc21. The lowest BCUT2D eigenvalue weighted by molar-refractivity contribution is 1.10. The first-order chi connectivity index (χ1) is 12.3. The Labute approximate surface area is 150 Å². The third kappa shape index (κ3) is 2.85. The van der Waals surface area contributed by atoms with Crippen LogP contribution in [0.4, 0.5) is 0 Å². The van der Waals surface area contributed by atoms with Gasteiger partial charge in [0.2, 0.25) is 0 Å². The van der Waals surface area contributed by atoms with Gasteiger partial charge < -0.3 is 0 Å². The smallest absolute Gasteiger partial charge is 0.0290 e. The minimum absolute atomic E-state index is 0.304. The van der Waals surface area contributed by atoms with Crippen LogP contribution in [0.5, 0.6) is 0 Å². The fourth-order valence-corrected chi connectivity index (χ4v) is 3.86. The second-order valence-electron chi connectivity index (χ2n) is 6.79. The minimum atomic E-state index is 0.304. The lowest BCUT2D eigenvalue weighted by Crippen LogP contribution is -1.99. The summed E-state index contributed by atoms with van der Waals surface area (Å²) in [5.41, 5.74) is 9.49. The molecule has 0 fully saturated rings. The normalized spacial score (nSPS) is 15.4. The molecule has 0 spiro atoms. The molecule has 0 aromatic heterocycles. The number of fused-ring (bicyclic) bond motifs is 1. The van der Waals surface area contributed by atoms with Crippen molar-refractivity contribution in [2.24, 2.45) is 0 Å². The van der Waals surface area contributed by atoms with Crippen LogP contribution in [0.15, 0.2) is 96.6 Å². The summed E-state index contributed by atoms with van der Waals surface area (Å²) in [5.74, 6) is 0.304. The average molecular weight is 322 g/mol. The molecule has 0 amide bonds. The summed E-state index contributed by atoms with van der Waals surface area (Å²) in [7, 11) is 0. The van der Waals surface area contributed by atoms with Crippen molar-refractivity contribution >= 4 is 11.1 Å².